The molecule has 0 spiro atoms. The molecule has 9 heavy (non-hydrogen) atoms. The number of halogens is 1. The van der Waals surface area contributed by atoms with Crippen molar-refractivity contribution >= 4 is 30.5 Å². The second kappa shape index (κ2) is 2.81. The van der Waals surface area contributed by atoms with Crippen molar-refractivity contribution in [3.63, 3.8) is 0 Å². The average Bonchev–Trinajstić information content (AvgIpc) is 1.80. The first-order chi connectivity index (χ1) is 4.20. The van der Waals surface area contributed by atoms with Crippen LogP contribution in [0.3, 0.4) is 0 Å². The fourth-order valence-electron chi connectivity index (χ4n) is 0.639. The van der Waals surface area contributed by atoms with Crippen molar-refractivity contribution in [1.29, 1.82) is 0 Å². The van der Waals surface area contributed by atoms with Gasteiger partial charge in [-0.15, -0.1) is 9.24 Å². The molecule has 1 aromatic carbocycles. The van der Waals surface area contributed by atoms with Gasteiger partial charge in [-0.3, -0.25) is 0 Å². The van der Waals surface area contributed by atoms with Crippen molar-refractivity contribution < 1.29 is 0 Å². The molecule has 0 N–H and O–H groups in total. The zero-order valence-electron chi connectivity index (χ0n) is 5.19. The Bertz CT molecular complexity index is 220. The molecule has 0 radical (unpaired) electrons. The van der Waals surface area contributed by atoms with E-state index in [1.807, 2.05) is 6.07 Å². The molecule has 1 rings (SSSR count). The molecule has 0 aromatic heterocycles. The molecule has 1 atom stereocenters. The van der Waals surface area contributed by atoms with Gasteiger partial charge in [0.15, 0.2) is 0 Å². The maximum atomic E-state index is 3.39. The Balaban J connectivity index is 3.17. The first-order valence-corrected chi connectivity index (χ1v) is 4.09. The van der Waals surface area contributed by atoms with Crippen LogP contribution in [0.1, 0.15) is 5.56 Å². The average molecular weight is 203 g/mol. The van der Waals surface area contributed by atoms with Gasteiger partial charge >= 0.3 is 0 Å². The van der Waals surface area contributed by atoms with Gasteiger partial charge in [-0.2, -0.15) is 0 Å². The SMILES string of the molecule is Cc1cc(Br)ccc1P. The number of hydrogen-bond acceptors (Lipinski definition) is 0. The van der Waals surface area contributed by atoms with Crippen LogP contribution in [0.2, 0.25) is 0 Å². The molecule has 0 fully saturated rings. The first kappa shape index (κ1) is 7.24. The second-order valence-electron chi connectivity index (χ2n) is 2.00. The molecule has 0 saturated heterocycles. The van der Waals surface area contributed by atoms with Crippen molar-refractivity contribution in [3.05, 3.63) is 28.2 Å². The molecule has 0 heterocycles. The molecule has 0 aliphatic rings. The van der Waals surface area contributed by atoms with E-state index in [2.05, 4.69) is 44.2 Å². The Hall–Kier alpha value is 0.130. The summed E-state index contributed by atoms with van der Waals surface area (Å²) in [5, 5.41) is 1.26. The zero-order valence-corrected chi connectivity index (χ0v) is 7.93. The van der Waals surface area contributed by atoms with E-state index in [1.54, 1.807) is 0 Å². The minimum atomic E-state index is 1.14. The normalized spacial score (nSPS) is 9.67. The van der Waals surface area contributed by atoms with Crippen LogP contribution in [-0.2, 0) is 0 Å². The molecule has 0 saturated carbocycles. The number of benzene rings is 1. The van der Waals surface area contributed by atoms with Crippen LogP contribution < -0.4 is 5.30 Å². The minimum Gasteiger partial charge on any atom is -0.105 e. The Morgan fingerprint density at radius 2 is 2.11 bits per heavy atom. The Kier molecular flexibility index (Phi) is 2.26. The predicted molar refractivity (Wildman–Crippen MR) is 48.2 cm³/mol. The summed E-state index contributed by atoms with van der Waals surface area (Å²) in [5.41, 5.74) is 1.30. The number of hydrogen-bond donors (Lipinski definition) is 0. The summed E-state index contributed by atoms with van der Waals surface area (Å²) in [5.74, 6) is 0. The van der Waals surface area contributed by atoms with Crippen molar-refractivity contribution in [3.8, 4) is 0 Å². The summed E-state index contributed by atoms with van der Waals surface area (Å²) in [7, 11) is 2.69. The highest BCUT2D eigenvalue weighted by molar-refractivity contribution is 9.10. The zero-order chi connectivity index (χ0) is 6.85. The van der Waals surface area contributed by atoms with Crippen LogP contribution in [-0.4, -0.2) is 0 Å². The second-order valence-corrected chi connectivity index (χ2v) is 3.54. The van der Waals surface area contributed by atoms with Gasteiger partial charge in [0, 0.05) is 4.47 Å². The highest BCUT2D eigenvalue weighted by Crippen LogP contribution is 2.10. The molecule has 0 aliphatic carbocycles. The Morgan fingerprint density at radius 3 is 2.56 bits per heavy atom. The van der Waals surface area contributed by atoms with E-state index in [-0.39, 0.29) is 0 Å². The van der Waals surface area contributed by atoms with Gasteiger partial charge in [-0.05, 0) is 29.9 Å². The van der Waals surface area contributed by atoms with Crippen LogP contribution in [0.5, 0.6) is 0 Å². The summed E-state index contributed by atoms with van der Waals surface area (Å²) < 4.78 is 1.14. The van der Waals surface area contributed by atoms with Gasteiger partial charge in [-0.25, -0.2) is 0 Å². The van der Waals surface area contributed by atoms with Crippen LogP contribution in [0.4, 0.5) is 0 Å². The highest BCUT2D eigenvalue weighted by atomic mass is 79.9. The van der Waals surface area contributed by atoms with Crippen LogP contribution in [0, 0.1) is 6.92 Å². The molecule has 1 aromatic rings. The monoisotopic (exact) mass is 202 g/mol. The predicted octanol–water partition coefficient (Wildman–Crippen LogP) is 2.26. The lowest BCUT2D eigenvalue weighted by Gasteiger charge is -1.97. The third-order valence-corrected chi connectivity index (χ3v) is 2.37. The van der Waals surface area contributed by atoms with E-state index >= 15 is 0 Å². The van der Waals surface area contributed by atoms with Gasteiger partial charge in [0.05, 0.1) is 0 Å². The smallest absolute Gasteiger partial charge is 0.0178 e. The van der Waals surface area contributed by atoms with Crippen molar-refractivity contribution in [1.82, 2.24) is 0 Å². The first-order valence-electron chi connectivity index (χ1n) is 2.72. The molecule has 0 aliphatic heterocycles. The van der Waals surface area contributed by atoms with Gasteiger partial charge in [-0.1, -0.05) is 22.0 Å². The number of aryl methyl sites for hydroxylation is 1. The Labute approximate surface area is 66.0 Å². The fraction of sp³-hybridized carbons (Fsp3) is 0.143. The van der Waals surface area contributed by atoms with E-state index in [9.17, 15) is 0 Å². The topological polar surface area (TPSA) is 0 Å². The molecule has 0 bridgehead atoms. The lowest BCUT2D eigenvalue weighted by atomic mass is 10.2. The third kappa shape index (κ3) is 1.77. The largest absolute Gasteiger partial charge is 0.105 e. The maximum Gasteiger partial charge on any atom is 0.0178 e. The van der Waals surface area contributed by atoms with Gasteiger partial charge < -0.3 is 0 Å². The van der Waals surface area contributed by atoms with Crippen molar-refractivity contribution in [2.24, 2.45) is 0 Å². The fourth-order valence-corrected chi connectivity index (χ4v) is 1.29. The summed E-state index contributed by atoms with van der Waals surface area (Å²) >= 11 is 3.39. The maximum absolute atomic E-state index is 3.39. The van der Waals surface area contributed by atoms with Gasteiger partial charge in [0.25, 0.3) is 0 Å². The van der Waals surface area contributed by atoms with Crippen LogP contribution in [0.25, 0.3) is 0 Å². The molecular weight excluding hydrogens is 195 g/mol. The number of rotatable bonds is 0. The molecule has 2 heteroatoms. The quantitative estimate of drug-likeness (QED) is 0.567. The summed E-state index contributed by atoms with van der Waals surface area (Å²) in [6.07, 6.45) is 0. The van der Waals surface area contributed by atoms with Crippen LogP contribution >= 0.6 is 25.2 Å². The molecular formula is C7H8BrP. The van der Waals surface area contributed by atoms with E-state index in [0.717, 1.165) is 4.47 Å². The minimum absolute atomic E-state index is 1.14. The lowest BCUT2D eigenvalue weighted by Crippen LogP contribution is -1.93. The van der Waals surface area contributed by atoms with Crippen LogP contribution in [0.15, 0.2) is 22.7 Å². The van der Waals surface area contributed by atoms with Gasteiger partial charge in [0.2, 0.25) is 0 Å². The highest BCUT2D eigenvalue weighted by Gasteiger charge is 1.90. The molecule has 1 unspecified atom stereocenters. The summed E-state index contributed by atoms with van der Waals surface area (Å²) in [6.45, 7) is 2.09. The lowest BCUT2D eigenvalue weighted by molar-refractivity contribution is 1.50. The van der Waals surface area contributed by atoms with E-state index in [4.69, 9.17) is 0 Å². The standard InChI is InChI=1S/C7H8BrP/c1-5-4-6(8)2-3-7(5)9/h2-4H,9H2,1H3. The third-order valence-electron chi connectivity index (χ3n) is 1.23. The summed E-state index contributed by atoms with van der Waals surface area (Å²) in [6, 6.07) is 6.21. The van der Waals surface area contributed by atoms with Gasteiger partial charge in [0.1, 0.15) is 0 Å². The van der Waals surface area contributed by atoms with Crippen molar-refractivity contribution in [2.75, 3.05) is 0 Å². The van der Waals surface area contributed by atoms with Crippen molar-refractivity contribution in [2.45, 2.75) is 6.92 Å². The Morgan fingerprint density at radius 1 is 1.44 bits per heavy atom. The van der Waals surface area contributed by atoms with E-state index in [0.29, 0.717) is 0 Å². The summed E-state index contributed by atoms with van der Waals surface area (Å²) in [4.78, 5) is 0. The van der Waals surface area contributed by atoms with E-state index in [1.165, 1.54) is 10.9 Å². The molecule has 48 valence electrons. The van der Waals surface area contributed by atoms with E-state index < -0.39 is 0 Å². The molecule has 0 nitrogen and oxygen atoms in total. The molecule has 0 amide bonds.